The number of nitrogens with zero attached hydrogens (tertiary/aromatic N) is 5. The SMILES string of the molecule is Cc1ccc(-c2ccc(C(F)(F)F)cc2Oc2nn3c(Cl)nnc3cc2C)cn1. The van der Waals surface area contributed by atoms with Crippen molar-refractivity contribution in [3.8, 4) is 22.8 Å². The average Bonchev–Trinajstić information content (AvgIpc) is 3.02. The first-order chi connectivity index (χ1) is 13.7. The Morgan fingerprint density at radius 3 is 2.52 bits per heavy atom. The van der Waals surface area contributed by atoms with Gasteiger partial charge in [-0.15, -0.1) is 15.3 Å². The third-order valence-electron chi connectivity index (χ3n) is 4.24. The fourth-order valence-corrected chi connectivity index (χ4v) is 2.90. The maximum absolute atomic E-state index is 13.3. The van der Waals surface area contributed by atoms with Crippen LogP contribution in [0.5, 0.6) is 11.6 Å². The second kappa shape index (κ2) is 7.00. The number of fused-ring (bicyclic) bond motifs is 1. The molecular weight excluding hydrogens is 407 g/mol. The quantitative estimate of drug-likeness (QED) is 0.452. The fourth-order valence-electron chi connectivity index (χ4n) is 2.73. The van der Waals surface area contributed by atoms with E-state index in [0.29, 0.717) is 22.3 Å². The molecule has 3 heterocycles. The Balaban J connectivity index is 1.85. The molecule has 0 saturated carbocycles. The van der Waals surface area contributed by atoms with Crippen LogP contribution >= 0.6 is 11.6 Å². The van der Waals surface area contributed by atoms with Crippen LogP contribution in [0.15, 0.2) is 42.6 Å². The monoisotopic (exact) mass is 419 g/mol. The molecule has 0 N–H and O–H groups in total. The largest absolute Gasteiger partial charge is 0.437 e. The predicted octanol–water partition coefficient (Wildman–Crippen LogP) is 5.27. The van der Waals surface area contributed by atoms with Crippen LogP contribution in [0.3, 0.4) is 0 Å². The summed E-state index contributed by atoms with van der Waals surface area (Å²) in [5.74, 6) is 0.0736. The number of halogens is 4. The molecule has 4 rings (SSSR count). The topological polar surface area (TPSA) is 65.2 Å². The summed E-state index contributed by atoms with van der Waals surface area (Å²) in [5.41, 5.74) is 1.96. The number of aromatic nitrogens is 5. The van der Waals surface area contributed by atoms with Crippen LogP contribution in [0.1, 0.15) is 16.8 Å². The van der Waals surface area contributed by atoms with Crippen LogP contribution < -0.4 is 4.74 Å². The smallest absolute Gasteiger partial charge is 0.416 e. The van der Waals surface area contributed by atoms with Gasteiger partial charge in [-0.05, 0) is 55.8 Å². The second-order valence-corrected chi connectivity index (χ2v) is 6.71. The zero-order valence-corrected chi connectivity index (χ0v) is 16.0. The average molecular weight is 420 g/mol. The molecule has 0 unspecified atom stereocenters. The highest BCUT2D eigenvalue weighted by molar-refractivity contribution is 6.28. The van der Waals surface area contributed by atoms with E-state index in [4.69, 9.17) is 16.3 Å². The predicted molar refractivity (Wildman–Crippen MR) is 100 cm³/mol. The lowest BCUT2D eigenvalue weighted by molar-refractivity contribution is -0.137. The minimum Gasteiger partial charge on any atom is -0.437 e. The van der Waals surface area contributed by atoms with Crippen molar-refractivity contribution in [3.63, 3.8) is 0 Å². The molecule has 29 heavy (non-hydrogen) atoms. The number of hydrogen-bond donors (Lipinski definition) is 0. The summed E-state index contributed by atoms with van der Waals surface area (Å²) in [7, 11) is 0. The van der Waals surface area contributed by atoms with Crippen LogP contribution in [-0.4, -0.2) is 24.8 Å². The molecule has 0 aliphatic carbocycles. The molecule has 0 fully saturated rings. The standard InChI is InChI=1S/C19H13ClF3N5O/c1-10-7-16-25-26-18(20)28(16)27-17(10)29-15-8-13(19(21,22)23)5-6-14(15)12-4-3-11(2)24-9-12/h3-9H,1-2H3. The van der Waals surface area contributed by atoms with Gasteiger partial charge in [0.25, 0.3) is 0 Å². The van der Waals surface area contributed by atoms with Gasteiger partial charge in [0.2, 0.25) is 11.2 Å². The molecule has 0 spiro atoms. The number of benzene rings is 1. The normalized spacial score (nSPS) is 11.8. The van der Waals surface area contributed by atoms with Gasteiger partial charge >= 0.3 is 6.18 Å². The Hall–Kier alpha value is -3.20. The van der Waals surface area contributed by atoms with E-state index in [-0.39, 0.29) is 16.9 Å². The number of pyridine rings is 1. The highest BCUT2D eigenvalue weighted by Gasteiger charge is 2.31. The zero-order chi connectivity index (χ0) is 20.8. The van der Waals surface area contributed by atoms with Gasteiger partial charge in [0.05, 0.1) is 5.56 Å². The Labute approximate surface area is 167 Å². The Bertz CT molecular complexity index is 1210. The minimum atomic E-state index is -4.52. The first-order valence-corrected chi connectivity index (χ1v) is 8.81. The number of rotatable bonds is 3. The van der Waals surface area contributed by atoms with Crippen LogP contribution in [0.25, 0.3) is 16.8 Å². The molecular formula is C19H13ClF3N5O. The van der Waals surface area contributed by atoms with Crippen LogP contribution in [-0.2, 0) is 6.18 Å². The highest BCUT2D eigenvalue weighted by atomic mass is 35.5. The van der Waals surface area contributed by atoms with E-state index in [1.165, 1.54) is 10.6 Å². The van der Waals surface area contributed by atoms with Gasteiger partial charge in [0.15, 0.2) is 5.65 Å². The molecule has 0 bridgehead atoms. The number of aryl methyl sites for hydroxylation is 2. The van der Waals surface area contributed by atoms with E-state index < -0.39 is 11.7 Å². The number of ether oxygens (including phenoxy) is 1. The summed E-state index contributed by atoms with van der Waals surface area (Å²) in [6.45, 7) is 3.52. The van der Waals surface area contributed by atoms with Crippen molar-refractivity contribution in [2.75, 3.05) is 0 Å². The summed E-state index contributed by atoms with van der Waals surface area (Å²) in [5, 5.41) is 11.8. The number of hydrogen-bond acceptors (Lipinski definition) is 5. The molecule has 0 radical (unpaired) electrons. The summed E-state index contributed by atoms with van der Waals surface area (Å²) >= 11 is 5.94. The van der Waals surface area contributed by atoms with E-state index in [1.54, 1.807) is 31.3 Å². The molecule has 4 aromatic rings. The van der Waals surface area contributed by atoms with Crippen molar-refractivity contribution in [2.24, 2.45) is 0 Å². The maximum atomic E-state index is 13.3. The lowest BCUT2D eigenvalue weighted by atomic mass is 10.0. The van der Waals surface area contributed by atoms with Gasteiger partial charge in [0.1, 0.15) is 5.75 Å². The Kier molecular flexibility index (Phi) is 4.62. The first kappa shape index (κ1) is 19.1. The second-order valence-electron chi connectivity index (χ2n) is 6.37. The van der Waals surface area contributed by atoms with Crippen LogP contribution in [0.4, 0.5) is 13.2 Å². The Morgan fingerprint density at radius 1 is 1.03 bits per heavy atom. The van der Waals surface area contributed by atoms with E-state index >= 15 is 0 Å². The molecule has 0 atom stereocenters. The zero-order valence-electron chi connectivity index (χ0n) is 15.2. The molecule has 0 aliphatic rings. The molecule has 3 aromatic heterocycles. The van der Waals surface area contributed by atoms with Crippen molar-refractivity contribution < 1.29 is 17.9 Å². The Morgan fingerprint density at radius 2 is 1.83 bits per heavy atom. The van der Waals surface area contributed by atoms with Gasteiger partial charge in [-0.3, -0.25) is 4.98 Å². The van der Waals surface area contributed by atoms with Gasteiger partial charge in [-0.1, -0.05) is 6.07 Å². The van der Waals surface area contributed by atoms with Crippen molar-refractivity contribution in [3.05, 3.63) is 64.7 Å². The van der Waals surface area contributed by atoms with E-state index in [9.17, 15) is 13.2 Å². The molecule has 0 amide bonds. The summed E-state index contributed by atoms with van der Waals surface area (Å²) in [6, 6.07) is 8.45. The van der Waals surface area contributed by atoms with E-state index in [1.807, 2.05) is 6.92 Å². The summed E-state index contributed by atoms with van der Waals surface area (Å²) in [4.78, 5) is 4.21. The minimum absolute atomic E-state index is 0.00961. The van der Waals surface area contributed by atoms with Gasteiger partial charge in [-0.25, -0.2) is 0 Å². The van der Waals surface area contributed by atoms with Crippen molar-refractivity contribution in [1.82, 2.24) is 24.8 Å². The van der Waals surface area contributed by atoms with Gasteiger partial charge in [0, 0.05) is 28.6 Å². The van der Waals surface area contributed by atoms with Crippen molar-refractivity contribution >= 4 is 17.2 Å². The molecule has 1 aromatic carbocycles. The molecule has 10 heteroatoms. The molecule has 148 valence electrons. The molecule has 6 nitrogen and oxygen atoms in total. The lowest BCUT2D eigenvalue weighted by Crippen LogP contribution is -2.06. The first-order valence-electron chi connectivity index (χ1n) is 8.43. The third kappa shape index (κ3) is 3.73. The fraction of sp³-hybridized carbons (Fsp3) is 0.158. The summed E-state index contributed by atoms with van der Waals surface area (Å²) in [6.07, 6.45) is -2.95. The third-order valence-corrected chi connectivity index (χ3v) is 4.47. The van der Waals surface area contributed by atoms with E-state index in [2.05, 4.69) is 20.3 Å². The number of alkyl halides is 3. The molecule has 0 aliphatic heterocycles. The van der Waals surface area contributed by atoms with Gasteiger partial charge < -0.3 is 4.74 Å². The van der Waals surface area contributed by atoms with Crippen molar-refractivity contribution in [2.45, 2.75) is 20.0 Å². The summed E-state index contributed by atoms with van der Waals surface area (Å²) < 4.78 is 46.9. The van der Waals surface area contributed by atoms with Crippen LogP contribution in [0.2, 0.25) is 5.28 Å². The lowest BCUT2D eigenvalue weighted by Gasteiger charge is -2.15. The van der Waals surface area contributed by atoms with E-state index in [0.717, 1.165) is 17.8 Å². The van der Waals surface area contributed by atoms with Crippen molar-refractivity contribution in [1.29, 1.82) is 0 Å². The van der Waals surface area contributed by atoms with Crippen LogP contribution in [0, 0.1) is 13.8 Å². The highest BCUT2D eigenvalue weighted by Crippen LogP contribution is 2.39. The molecule has 0 saturated heterocycles. The van der Waals surface area contributed by atoms with Gasteiger partial charge in [-0.2, -0.15) is 17.7 Å². The maximum Gasteiger partial charge on any atom is 0.416 e.